The van der Waals surface area contributed by atoms with Crippen molar-refractivity contribution in [2.75, 3.05) is 36.0 Å². The summed E-state index contributed by atoms with van der Waals surface area (Å²) in [7, 11) is 0. The zero-order valence-electron chi connectivity index (χ0n) is 21.1. The fraction of sp³-hybridized carbons (Fsp3) is 0.462. The third kappa shape index (κ3) is 4.59. The van der Waals surface area contributed by atoms with Crippen molar-refractivity contribution in [2.24, 2.45) is 0 Å². The Kier molecular flexibility index (Phi) is 6.28. The van der Waals surface area contributed by atoms with Crippen LogP contribution in [0.4, 0.5) is 16.3 Å². The van der Waals surface area contributed by atoms with E-state index >= 15 is 0 Å². The molecule has 2 amide bonds. The van der Waals surface area contributed by atoms with E-state index in [1.54, 1.807) is 11.2 Å². The number of fused-ring (bicyclic) bond motifs is 1. The van der Waals surface area contributed by atoms with Gasteiger partial charge >= 0.3 is 6.09 Å². The Morgan fingerprint density at radius 1 is 1.17 bits per heavy atom. The van der Waals surface area contributed by atoms with Crippen molar-refractivity contribution in [1.82, 2.24) is 19.4 Å². The van der Waals surface area contributed by atoms with E-state index in [0.717, 1.165) is 29.0 Å². The van der Waals surface area contributed by atoms with Crippen LogP contribution in [0.2, 0.25) is 5.02 Å². The average molecular weight is 511 g/mol. The number of ether oxygens (including phenoxy) is 1. The molecule has 36 heavy (non-hydrogen) atoms. The van der Waals surface area contributed by atoms with Crippen molar-refractivity contribution >= 4 is 46.1 Å². The van der Waals surface area contributed by atoms with E-state index < -0.39 is 5.60 Å². The summed E-state index contributed by atoms with van der Waals surface area (Å²) in [4.78, 5) is 40.5. The van der Waals surface area contributed by atoms with Crippen LogP contribution in [0, 0.1) is 0 Å². The van der Waals surface area contributed by atoms with E-state index in [0.29, 0.717) is 43.3 Å². The fourth-order valence-electron chi connectivity index (χ4n) is 4.94. The lowest BCUT2D eigenvalue weighted by molar-refractivity contribution is -0.117. The van der Waals surface area contributed by atoms with Gasteiger partial charge in [0.2, 0.25) is 5.91 Å². The molecule has 1 aromatic carbocycles. The van der Waals surface area contributed by atoms with Crippen molar-refractivity contribution in [3.63, 3.8) is 0 Å². The van der Waals surface area contributed by atoms with E-state index in [4.69, 9.17) is 21.3 Å². The SMILES string of the molecule is C[C@H]1CN(C(=O)OC(C)(C)C)CCN1c1ncnc2c1c(N1CCCC1=O)cn2-c1cccc(Cl)c1. The van der Waals surface area contributed by atoms with Crippen LogP contribution in [0.5, 0.6) is 0 Å². The summed E-state index contributed by atoms with van der Waals surface area (Å²) in [6.45, 7) is 9.94. The Balaban J connectivity index is 1.56. The van der Waals surface area contributed by atoms with Gasteiger partial charge in [0, 0.05) is 55.5 Å². The molecule has 0 unspecified atom stereocenters. The van der Waals surface area contributed by atoms with Crippen molar-refractivity contribution in [2.45, 2.75) is 52.2 Å². The summed E-state index contributed by atoms with van der Waals surface area (Å²) < 4.78 is 7.55. The van der Waals surface area contributed by atoms with Crippen LogP contribution in [0.3, 0.4) is 0 Å². The maximum Gasteiger partial charge on any atom is 0.410 e. The molecule has 3 aromatic rings. The van der Waals surface area contributed by atoms with Crippen LogP contribution in [0.1, 0.15) is 40.5 Å². The van der Waals surface area contributed by atoms with Gasteiger partial charge in [-0.3, -0.25) is 9.36 Å². The molecule has 0 N–H and O–H groups in total. The molecule has 2 saturated heterocycles. The minimum Gasteiger partial charge on any atom is -0.444 e. The van der Waals surface area contributed by atoms with Crippen LogP contribution >= 0.6 is 11.6 Å². The Morgan fingerprint density at radius 3 is 2.64 bits per heavy atom. The van der Waals surface area contributed by atoms with Gasteiger partial charge in [-0.1, -0.05) is 17.7 Å². The smallest absolute Gasteiger partial charge is 0.410 e. The summed E-state index contributed by atoms with van der Waals surface area (Å²) in [6.07, 6.45) is 4.55. The number of halogens is 1. The van der Waals surface area contributed by atoms with Gasteiger partial charge in [0.1, 0.15) is 17.7 Å². The van der Waals surface area contributed by atoms with Crippen LogP contribution in [-0.2, 0) is 9.53 Å². The molecule has 0 saturated carbocycles. The molecule has 4 heterocycles. The first-order valence-electron chi connectivity index (χ1n) is 12.3. The number of amides is 2. The molecule has 0 aliphatic carbocycles. The molecule has 0 bridgehead atoms. The number of piperazine rings is 1. The number of carbonyl (C=O) groups is 2. The number of hydrogen-bond acceptors (Lipinski definition) is 6. The van der Waals surface area contributed by atoms with Gasteiger partial charge in [-0.15, -0.1) is 0 Å². The summed E-state index contributed by atoms with van der Waals surface area (Å²) >= 11 is 6.29. The normalized spacial score (nSPS) is 18.9. The Labute approximate surface area is 215 Å². The number of carbonyl (C=O) groups excluding carboxylic acids is 2. The predicted octanol–water partition coefficient (Wildman–Crippen LogP) is 4.65. The largest absolute Gasteiger partial charge is 0.444 e. The zero-order valence-corrected chi connectivity index (χ0v) is 21.8. The van der Waals surface area contributed by atoms with Crippen molar-refractivity contribution < 1.29 is 14.3 Å². The maximum atomic E-state index is 12.8. The Hall–Kier alpha value is -3.33. The highest BCUT2D eigenvalue weighted by molar-refractivity contribution is 6.30. The molecule has 10 heteroatoms. The van der Waals surface area contributed by atoms with Crippen molar-refractivity contribution in [1.29, 1.82) is 0 Å². The molecule has 2 fully saturated rings. The topological polar surface area (TPSA) is 83.8 Å². The minimum atomic E-state index is -0.545. The highest BCUT2D eigenvalue weighted by Gasteiger charge is 2.34. The third-order valence-electron chi connectivity index (χ3n) is 6.54. The summed E-state index contributed by atoms with van der Waals surface area (Å²) in [6, 6.07) is 7.55. The van der Waals surface area contributed by atoms with Gasteiger partial charge < -0.3 is 19.4 Å². The second-order valence-corrected chi connectivity index (χ2v) is 10.8. The molecule has 2 aliphatic heterocycles. The quantitative estimate of drug-likeness (QED) is 0.510. The zero-order chi connectivity index (χ0) is 25.6. The molecule has 190 valence electrons. The Morgan fingerprint density at radius 2 is 1.97 bits per heavy atom. The number of aromatic nitrogens is 3. The van der Waals surface area contributed by atoms with E-state index in [9.17, 15) is 9.59 Å². The van der Waals surface area contributed by atoms with Crippen LogP contribution in [0.25, 0.3) is 16.7 Å². The van der Waals surface area contributed by atoms with Gasteiger partial charge in [-0.25, -0.2) is 14.8 Å². The number of rotatable bonds is 3. The van der Waals surface area contributed by atoms with Crippen molar-refractivity contribution in [3.05, 3.63) is 41.8 Å². The molecule has 0 spiro atoms. The monoisotopic (exact) mass is 510 g/mol. The predicted molar refractivity (Wildman–Crippen MR) is 140 cm³/mol. The first kappa shape index (κ1) is 24.4. The van der Waals surface area contributed by atoms with E-state index in [1.807, 2.05) is 60.7 Å². The van der Waals surface area contributed by atoms with Gasteiger partial charge in [-0.05, 0) is 52.3 Å². The number of anilines is 2. The molecular weight excluding hydrogens is 480 g/mol. The summed E-state index contributed by atoms with van der Waals surface area (Å²) in [5, 5.41) is 1.44. The van der Waals surface area contributed by atoms with Crippen LogP contribution in [0.15, 0.2) is 36.8 Å². The molecule has 1 atom stereocenters. The van der Waals surface area contributed by atoms with Gasteiger partial charge in [0.15, 0.2) is 5.65 Å². The van der Waals surface area contributed by atoms with Gasteiger partial charge in [-0.2, -0.15) is 0 Å². The first-order chi connectivity index (χ1) is 17.1. The molecule has 2 aliphatic rings. The second-order valence-electron chi connectivity index (χ2n) is 10.4. The lowest BCUT2D eigenvalue weighted by Crippen LogP contribution is -2.54. The van der Waals surface area contributed by atoms with Gasteiger partial charge in [0.25, 0.3) is 0 Å². The molecule has 0 radical (unpaired) electrons. The molecule has 9 nitrogen and oxygen atoms in total. The highest BCUT2D eigenvalue weighted by atomic mass is 35.5. The standard InChI is InChI=1S/C26H31ClN6O3/c1-17-14-30(25(35)36-26(2,3)4)11-12-31(17)23-22-20(32-10-6-9-21(32)34)15-33(24(22)29-16-28-23)19-8-5-7-18(27)13-19/h5,7-8,13,15-17H,6,9-12,14H2,1-4H3/t17-/m0/s1. The summed E-state index contributed by atoms with van der Waals surface area (Å²) in [5.74, 6) is 0.851. The molecular formula is C26H31ClN6O3. The van der Waals surface area contributed by atoms with E-state index in [2.05, 4.69) is 16.8 Å². The maximum absolute atomic E-state index is 12.8. The second kappa shape index (κ2) is 9.28. The Bertz CT molecular complexity index is 1320. The molecule has 5 rings (SSSR count). The number of benzene rings is 1. The van der Waals surface area contributed by atoms with Crippen molar-refractivity contribution in [3.8, 4) is 5.69 Å². The van der Waals surface area contributed by atoms with Gasteiger partial charge in [0.05, 0.1) is 11.1 Å². The summed E-state index contributed by atoms with van der Waals surface area (Å²) in [5.41, 5.74) is 1.82. The third-order valence-corrected chi connectivity index (χ3v) is 6.78. The van der Waals surface area contributed by atoms with Crippen LogP contribution in [-0.4, -0.2) is 69.3 Å². The van der Waals surface area contributed by atoms with E-state index in [-0.39, 0.29) is 18.0 Å². The number of nitrogens with zero attached hydrogens (tertiary/aromatic N) is 6. The average Bonchev–Trinajstić information content (AvgIpc) is 3.41. The highest BCUT2D eigenvalue weighted by Crippen LogP contribution is 2.39. The number of hydrogen-bond donors (Lipinski definition) is 0. The minimum absolute atomic E-state index is 0.0129. The lowest BCUT2D eigenvalue weighted by Gasteiger charge is -2.41. The lowest BCUT2D eigenvalue weighted by atomic mass is 10.1. The van der Waals surface area contributed by atoms with E-state index in [1.165, 1.54) is 0 Å². The molecule has 2 aromatic heterocycles. The first-order valence-corrected chi connectivity index (χ1v) is 12.7. The van der Waals surface area contributed by atoms with Crippen LogP contribution < -0.4 is 9.80 Å². The fourth-order valence-corrected chi connectivity index (χ4v) is 5.12.